The van der Waals surface area contributed by atoms with Gasteiger partial charge in [0.15, 0.2) is 14.6 Å². The standard InChI is InChI=1S/C21H20N2O4S2/c1-4-12-23-18-11-8-16(27-3)14-19(18)28-21(23)22-20(24)13-15-6-9-17(10-7-15)29(25,26)5-2/h1,6-11,14H,5,12-13H2,2-3H3. The van der Waals surface area contributed by atoms with E-state index in [0.717, 1.165) is 10.2 Å². The van der Waals surface area contributed by atoms with E-state index in [0.29, 0.717) is 22.7 Å². The van der Waals surface area contributed by atoms with Gasteiger partial charge in [0.25, 0.3) is 5.91 Å². The minimum Gasteiger partial charge on any atom is -0.497 e. The Balaban J connectivity index is 1.91. The third kappa shape index (κ3) is 4.58. The first kappa shape index (κ1) is 20.8. The maximum Gasteiger partial charge on any atom is 0.252 e. The van der Waals surface area contributed by atoms with Gasteiger partial charge in [0.05, 0.1) is 40.9 Å². The van der Waals surface area contributed by atoms with Crippen LogP contribution in [0.4, 0.5) is 0 Å². The van der Waals surface area contributed by atoms with Crippen molar-refractivity contribution in [3.8, 4) is 18.1 Å². The first-order chi connectivity index (χ1) is 13.9. The van der Waals surface area contributed by atoms with Gasteiger partial charge in [-0.15, -0.1) is 6.42 Å². The lowest BCUT2D eigenvalue weighted by molar-refractivity contribution is -0.117. The summed E-state index contributed by atoms with van der Waals surface area (Å²) in [6.07, 6.45) is 5.55. The number of thiazole rings is 1. The van der Waals surface area contributed by atoms with Crippen LogP contribution in [0.25, 0.3) is 10.2 Å². The van der Waals surface area contributed by atoms with Gasteiger partial charge in [0.1, 0.15) is 5.75 Å². The fourth-order valence-corrected chi connectivity index (χ4v) is 4.77. The summed E-state index contributed by atoms with van der Waals surface area (Å²) in [6.45, 7) is 1.89. The Morgan fingerprint density at radius 2 is 1.97 bits per heavy atom. The zero-order chi connectivity index (χ0) is 21.0. The molecule has 0 fully saturated rings. The van der Waals surface area contributed by atoms with Gasteiger partial charge in [0.2, 0.25) is 0 Å². The number of rotatable bonds is 6. The lowest BCUT2D eigenvalue weighted by Gasteiger charge is -2.03. The molecule has 0 saturated heterocycles. The maximum absolute atomic E-state index is 12.5. The maximum atomic E-state index is 12.5. The minimum atomic E-state index is -3.26. The first-order valence-electron chi connectivity index (χ1n) is 8.88. The van der Waals surface area contributed by atoms with E-state index in [1.165, 1.54) is 23.5 Å². The number of fused-ring (bicyclic) bond motifs is 1. The molecule has 150 valence electrons. The van der Waals surface area contributed by atoms with Crippen molar-refractivity contribution >= 4 is 37.3 Å². The van der Waals surface area contributed by atoms with Crippen LogP contribution in [0, 0.1) is 12.3 Å². The molecule has 0 unspecified atom stereocenters. The Kier molecular flexibility index (Phi) is 6.20. The van der Waals surface area contributed by atoms with Gasteiger partial charge in [-0.2, -0.15) is 4.99 Å². The number of terminal acetylenes is 1. The van der Waals surface area contributed by atoms with Crippen LogP contribution in [0.2, 0.25) is 0 Å². The van der Waals surface area contributed by atoms with Crippen molar-refractivity contribution in [1.29, 1.82) is 0 Å². The Morgan fingerprint density at radius 3 is 2.59 bits per heavy atom. The summed E-state index contributed by atoms with van der Waals surface area (Å²) in [6, 6.07) is 11.9. The summed E-state index contributed by atoms with van der Waals surface area (Å²) in [7, 11) is -1.67. The molecule has 8 heteroatoms. The van der Waals surface area contributed by atoms with E-state index in [1.807, 2.05) is 22.8 Å². The van der Waals surface area contributed by atoms with Crippen molar-refractivity contribution in [3.05, 3.63) is 52.8 Å². The number of aromatic nitrogens is 1. The second-order valence-corrected chi connectivity index (χ2v) is 9.53. The van der Waals surface area contributed by atoms with E-state index in [2.05, 4.69) is 10.9 Å². The van der Waals surface area contributed by atoms with Gasteiger partial charge in [-0.1, -0.05) is 36.3 Å². The zero-order valence-electron chi connectivity index (χ0n) is 16.1. The molecule has 0 aliphatic rings. The van der Waals surface area contributed by atoms with E-state index in [1.54, 1.807) is 26.2 Å². The number of hydrogen-bond donors (Lipinski definition) is 0. The molecule has 29 heavy (non-hydrogen) atoms. The van der Waals surface area contributed by atoms with Crippen LogP contribution in [0.3, 0.4) is 0 Å². The molecule has 1 heterocycles. The van der Waals surface area contributed by atoms with Crippen molar-refractivity contribution < 1.29 is 17.9 Å². The summed E-state index contributed by atoms with van der Waals surface area (Å²) in [5.41, 5.74) is 1.58. The third-order valence-electron chi connectivity index (χ3n) is 4.38. The fraction of sp³-hybridized carbons (Fsp3) is 0.238. The summed E-state index contributed by atoms with van der Waals surface area (Å²) < 4.78 is 31.8. The van der Waals surface area contributed by atoms with Gasteiger partial charge >= 0.3 is 0 Å². The highest BCUT2D eigenvalue weighted by molar-refractivity contribution is 7.91. The van der Waals surface area contributed by atoms with Gasteiger partial charge in [-0.25, -0.2) is 8.42 Å². The molecule has 0 atom stereocenters. The second kappa shape index (κ2) is 8.64. The summed E-state index contributed by atoms with van der Waals surface area (Å²) >= 11 is 1.36. The molecule has 0 spiro atoms. The van der Waals surface area contributed by atoms with Crippen LogP contribution < -0.4 is 9.54 Å². The van der Waals surface area contributed by atoms with E-state index in [-0.39, 0.29) is 23.0 Å². The SMILES string of the molecule is C#CCn1c(=NC(=O)Cc2ccc(S(=O)(=O)CC)cc2)sc2cc(OC)ccc21. The molecule has 0 aliphatic carbocycles. The van der Waals surface area contributed by atoms with Gasteiger partial charge < -0.3 is 9.30 Å². The van der Waals surface area contributed by atoms with Gasteiger partial charge in [0, 0.05) is 0 Å². The Bertz CT molecular complexity index is 1260. The lowest BCUT2D eigenvalue weighted by Crippen LogP contribution is -2.17. The quantitative estimate of drug-likeness (QED) is 0.566. The lowest BCUT2D eigenvalue weighted by atomic mass is 10.1. The molecule has 3 aromatic rings. The Hall–Kier alpha value is -2.89. The third-order valence-corrected chi connectivity index (χ3v) is 7.17. The first-order valence-corrected chi connectivity index (χ1v) is 11.3. The Morgan fingerprint density at radius 1 is 1.24 bits per heavy atom. The van der Waals surface area contributed by atoms with Crippen LogP contribution in [0.1, 0.15) is 12.5 Å². The number of nitrogens with zero attached hydrogens (tertiary/aromatic N) is 2. The molecule has 0 N–H and O–H groups in total. The zero-order valence-corrected chi connectivity index (χ0v) is 17.7. The predicted molar refractivity (Wildman–Crippen MR) is 114 cm³/mol. The van der Waals surface area contributed by atoms with Crippen molar-refractivity contribution in [2.75, 3.05) is 12.9 Å². The molecule has 1 aromatic heterocycles. The molecule has 0 aliphatic heterocycles. The predicted octanol–water partition coefficient (Wildman–Crippen LogP) is 2.81. The molecular weight excluding hydrogens is 408 g/mol. The van der Waals surface area contributed by atoms with Crippen LogP contribution in [0.5, 0.6) is 5.75 Å². The van der Waals surface area contributed by atoms with Crippen molar-refractivity contribution in [2.45, 2.75) is 24.8 Å². The number of methoxy groups -OCH3 is 1. The van der Waals surface area contributed by atoms with Crippen molar-refractivity contribution in [2.24, 2.45) is 4.99 Å². The number of hydrogen-bond acceptors (Lipinski definition) is 5. The molecule has 3 rings (SSSR count). The number of carbonyl (C=O) groups excluding carboxylic acids is 1. The summed E-state index contributed by atoms with van der Waals surface area (Å²) in [5, 5.41) is 0. The minimum absolute atomic E-state index is 0.0342. The number of sulfone groups is 1. The number of amides is 1. The van der Waals surface area contributed by atoms with Crippen LogP contribution in [0.15, 0.2) is 52.4 Å². The normalized spacial score (nSPS) is 12.1. The largest absolute Gasteiger partial charge is 0.497 e. The molecule has 0 radical (unpaired) electrons. The molecular formula is C21H20N2O4S2. The fourth-order valence-electron chi connectivity index (χ4n) is 2.81. The summed E-state index contributed by atoms with van der Waals surface area (Å²) in [4.78, 5) is 17.5. The second-order valence-electron chi connectivity index (χ2n) is 6.24. The van der Waals surface area contributed by atoms with Crippen LogP contribution >= 0.6 is 11.3 Å². The number of carbonyl (C=O) groups is 1. The monoisotopic (exact) mass is 428 g/mol. The van der Waals surface area contributed by atoms with Crippen LogP contribution in [-0.4, -0.2) is 31.8 Å². The van der Waals surface area contributed by atoms with Crippen molar-refractivity contribution in [3.63, 3.8) is 0 Å². The molecule has 6 nitrogen and oxygen atoms in total. The highest BCUT2D eigenvalue weighted by atomic mass is 32.2. The van der Waals surface area contributed by atoms with E-state index >= 15 is 0 Å². The van der Waals surface area contributed by atoms with E-state index < -0.39 is 9.84 Å². The molecule has 0 bridgehead atoms. The molecule has 1 amide bonds. The molecule has 0 saturated carbocycles. The molecule has 2 aromatic carbocycles. The average Bonchev–Trinajstić information content (AvgIpc) is 3.04. The average molecular weight is 429 g/mol. The highest BCUT2D eigenvalue weighted by Crippen LogP contribution is 2.23. The van der Waals surface area contributed by atoms with Gasteiger partial charge in [-0.05, 0) is 35.9 Å². The van der Waals surface area contributed by atoms with Crippen molar-refractivity contribution in [1.82, 2.24) is 4.57 Å². The number of ether oxygens (including phenoxy) is 1. The topological polar surface area (TPSA) is 77.7 Å². The van der Waals surface area contributed by atoms with E-state index in [4.69, 9.17) is 11.2 Å². The Labute approximate surface area is 173 Å². The summed E-state index contributed by atoms with van der Waals surface area (Å²) in [5.74, 6) is 3.01. The van der Waals surface area contributed by atoms with E-state index in [9.17, 15) is 13.2 Å². The van der Waals surface area contributed by atoms with Crippen LogP contribution in [-0.2, 0) is 27.6 Å². The van der Waals surface area contributed by atoms with Gasteiger partial charge in [-0.3, -0.25) is 4.79 Å². The smallest absolute Gasteiger partial charge is 0.252 e. The number of benzene rings is 2. The highest BCUT2D eigenvalue weighted by Gasteiger charge is 2.12.